The zero-order chi connectivity index (χ0) is 29.9. The molecule has 0 heterocycles. The number of amides is 3. The lowest BCUT2D eigenvalue weighted by molar-refractivity contribution is -0.144. The van der Waals surface area contributed by atoms with Crippen LogP contribution in [0.1, 0.15) is 128 Å². The monoisotopic (exact) mass is 557 g/mol. The lowest BCUT2D eigenvalue weighted by Gasteiger charge is -2.37. The van der Waals surface area contributed by atoms with Crippen LogP contribution < -0.4 is 10.6 Å². The van der Waals surface area contributed by atoms with Crippen molar-refractivity contribution < 1.29 is 19.1 Å². The number of hydrogen-bond acceptors (Lipinski definition) is 4. The van der Waals surface area contributed by atoms with Crippen LogP contribution in [0.3, 0.4) is 0 Å². The first kappa shape index (κ1) is 33.6. The topological polar surface area (TPSA) is 87.7 Å². The molecule has 0 aromatic heterocycles. The van der Waals surface area contributed by atoms with Gasteiger partial charge >= 0.3 is 6.09 Å². The molecule has 0 spiro atoms. The quantitative estimate of drug-likeness (QED) is 0.252. The third-order valence-electron chi connectivity index (χ3n) is 7.76. The summed E-state index contributed by atoms with van der Waals surface area (Å²) in [4.78, 5) is 43.2. The van der Waals surface area contributed by atoms with Gasteiger partial charge in [-0.3, -0.25) is 9.59 Å². The minimum absolute atomic E-state index is 0.122. The Morgan fingerprint density at radius 2 is 1.60 bits per heavy atom. The standard InChI is InChI=1S/C33H55N3O4/c1-9-11-12-16-19-36(31(38)28(25(5)10-2)35-32(39)40-33(6,7)8)29(26-21-23(3)20-24(4)22-26)30(37)34-27-17-14-13-15-18-27/h20-22,25,27-29H,9-19H2,1-8H3,(H,34,37)(H,35,39). The summed E-state index contributed by atoms with van der Waals surface area (Å²) in [6.07, 6.45) is 9.31. The summed E-state index contributed by atoms with van der Waals surface area (Å²) in [5, 5.41) is 6.17. The van der Waals surface area contributed by atoms with E-state index in [0.717, 1.165) is 68.1 Å². The number of carbonyl (C=O) groups excluding carboxylic acids is 3. The second-order valence-corrected chi connectivity index (χ2v) is 12.8. The van der Waals surface area contributed by atoms with Crippen LogP contribution in [0, 0.1) is 19.8 Å². The molecule has 1 aliphatic rings. The van der Waals surface area contributed by atoms with Crippen LogP contribution in [-0.2, 0) is 14.3 Å². The number of ether oxygens (including phenoxy) is 1. The highest BCUT2D eigenvalue weighted by molar-refractivity contribution is 5.92. The Hall–Kier alpha value is -2.57. The molecule has 3 amide bonds. The van der Waals surface area contributed by atoms with Gasteiger partial charge in [0, 0.05) is 12.6 Å². The lowest BCUT2D eigenvalue weighted by Crippen LogP contribution is -2.56. The maximum atomic E-state index is 14.5. The molecule has 0 aliphatic heterocycles. The molecule has 1 saturated carbocycles. The molecule has 7 heteroatoms. The van der Waals surface area contributed by atoms with Gasteiger partial charge in [-0.1, -0.05) is 95.0 Å². The molecular formula is C33H55N3O4. The van der Waals surface area contributed by atoms with E-state index in [1.807, 2.05) is 39.8 Å². The average molecular weight is 558 g/mol. The molecule has 40 heavy (non-hydrogen) atoms. The van der Waals surface area contributed by atoms with Crippen molar-refractivity contribution in [3.8, 4) is 0 Å². The van der Waals surface area contributed by atoms with Gasteiger partial charge in [-0.25, -0.2) is 4.79 Å². The maximum absolute atomic E-state index is 14.5. The number of nitrogens with one attached hydrogen (secondary N) is 2. The first-order chi connectivity index (χ1) is 18.9. The first-order valence-electron chi connectivity index (χ1n) is 15.5. The number of carbonyl (C=O) groups is 3. The predicted octanol–water partition coefficient (Wildman–Crippen LogP) is 7.14. The number of rotatable bonds is 13. The Morgan fingerprint density at radius 3 is 2.15 bits per heavy atom. The summed E-state index contributed by atoms with van der Waals surface area (Å²) in [6, 6.07) is 4.66. The zero-order valence-corrected chi connectivity index (χ0v) is 26.4. The third kappa shape index (κ3) is 10.8. The van der Waals surface area contributed by atoms with Gasteiger partial charge < -0.3 is 20.3 Å². The van der Waals surface area contributed by atoms with Gasteiger partial charge in [0.1, 0.15) is 17.7 Å². The number of benzene rings is 1. The first-order valence-corrected chi connectivity index (χ1v) is 15.5. The van der Waals surface area contributed by atoms with Crippen molar-refractivity contribution in [1.29, 1.82) is 0 Å². The molecule has 3 atom stereocenters. The largest absolute Gasteiger partial charge is 0.444 e. The van der Waals surface area contributed by atoms with Crippen LogP contribution in [0.5, 0.6) is 0 Å². The van der Waals surface area contributed by atoms with Gasteiger partial charge in [-0.2, -0.15) is 0 Å². The van der Waals surface area contributed by atoms with E-state index in [1.165, 1.54) is 6.42 Å². The highest BCUT2D eigenvalue weighted by Gasteiger charge is 2.38. The lowest BCUT2D eigenvalue weighted by atomic mass is 9.93. The van der Waals surface area contributed by atoms with Crippen molar-refractivity contribution in [3.05, 3.63) is 34.9 Å². The van der Waals surface area contributed by atoms with Crippen molar-refractivity contribution in [2.45, 2.75) is 143 Å². The fourth-order valence-corrected chi connectivity index (χ4v) is 5.54. The fourth-order valence-electron chi connectivity index (χ4n) is 5.54. The van der Waals surface area contributed by atoms with E-state index in [2.05, 4.69) is 23.6 Å². The molecule has 0 radical (unpaired) electrons. The number of aryl methyl sites for hydroxylation is 2. The van der Waals surface area contributed by atoms with E-state index in [4.69, 9.17) is 4.74 Å². The summed E-state index contributed by atoms with van der Waals surface area (Å²) in [5.74, 6) is -0.514. The molecule has 1 aromatic rings. The second kappa shape index (κ2) is 16.0. The van der Waals surface area contributed by atoms with Crippen LogP contribution in [0.2, 0.25) is 0 Å². The predicted molar refractivity (Wildman–Crippen MR) is 162 cm³/mol. The van der Waals surface area contributed by atoms with Crippen molar-refractivity contribution in [3.63, 3.8) is 0 Å². The van der Waals surface area contributed by atoms with Crippen molar-refractivity contribution >= 4 is 17.9 Å². The molecule has 226 valence electrons. The molecule has 0 saturated heterocycles. The minimum Gasteiger partial charge on any atom is -0.444 e. The highest BCUT2D eigenvalue weighted by atomic mass is 16.6. The van der Waals surface area contributed by atoms with Gasteiger partial charge in [-0.15, -0.1) is 0 Å². The summed E-state index contributed by atoms with van der Waals surface area (Å²) in [7, 11) is 0. The Bertz CT molecular complexity index is 945. The molecule has 7 nitrogen and oxygen atoms in total. The average Bonchev–Trinajstić information content (AvgIpc) is 2.87. The van der Waals surface area contributed by atoms with E-state index in [-0.39, 0.29) is 23.8 Å². The zero-order valence-electron chi connectivity index (χ0n) is 26.4. The van der Waals surface area contributed by atoms with Crippen LogP contribution in [0.4, 0.5) is 4.79 Å². The molecule has 2 rings (SSSR count). The Morgan fingerprint density at radius 1 is 0.975 bits per heavy atom. The smallest absolute Gasteiger partial charge is 0.408 e. The SMILES string of the molecule is CCCCCCN(C(=O)C(NC(=O)OC(C)(C)C)C(C)CC)C(C(=O)NC1CCCCC1)c1cc(C)cc(C)c1. The van der Waals surface area contributed by atoms with Gasteiger partial charge in [0.2, 0.25) is 11.8 Å². The number of nitrogens with zero attached hydrogens (tertiary/aromatic N) is 1. The molecule has 1 aromatic carbocycles. The summed E-state index contributed by atoms with van der Waals surface area (Å²) >= 11 is 0. The van der Waals surface area contributed by atoms with E-state index in [0.29, 0.717) is 13.0 Å². The summed E-state index contributed by atoms with van der Waals surface area (Å²) in [6.45, 7) is 16.0. The molecular weight excluding hydrogens is 502 g/mol. The van der Waals surface area contributed by atoms with Crippen molar-refractivity contribution in [1.82, 2.24) is 15.5 Å². The van der Waals surface area contributed by atoms with Crippen molar-refractivity contribution in [2.24, 2.45) is 5.92 Å². The Balaban J connectivity index is 2.53. The molecule has 2 N–H and O–H groups in total. The van der Waals surface area contributed by atoms with E-state index < -0.39 is 23.8 Å². The van der Waals surface area contributed by atoms with E-state index in [1.54, 1.807) is 25.7 Å². The van der Waals surface area contributed by atoms with Gasteiger partial charge in [0.05, 0.1) is 0 Å². The Kier molecular flexibility index (Phi) is 13.5. The van der Waals surface area contributed by atoms with Crippen molar-refractivity contribution in [2.75, 3.05) is 6.54 Å². The molecule has 0 bridgehead atoms. The van der Waals surface area contributed by atoms with E-state index >= 15 is 0 Å². The third-order valence-corrected chi connectivity index (χ3v) is 7.76. The highest BCUT2D eigenvalue weighted by Crippen LogP contribution is 2.28. The van der Waals surface area contributed by atoms with Gasteiger partial charge in [0.15, 0.2) is 0 Å². The second-order valence-electron chi connectivity index (χ2n) is 12.8. The minimum atomic E-state index is -0.804. The molecule has 1 aliphatic carbocycles. The fraction of sp³-hybridized carbons (Fsp3) is 0.727. The van der Waals surface area contributed by atoms with E-state index in [9.17, 15) is 14.4 Å². The summed E-state index contributed by atoms with van der Waals surface area (Å²) in [5.41, 5.74) is 2.23. The molecule has 3 unspecified atom stereocenters. The van der Waals surface area contributed by atoms with Crippen LogP contribution in [-0.4, -0.2) is 47.0 Å². The van der Waals surface area contributed by atoms with Gasteiger partial charge in [0.25, 0.3) is 0 Å². The summed E-state index contributed by atoms with van der Waals surface area (Å²) < 4.78 is 5.53. The van der Waals surface area contributed by atoms with Gasteiger partial charge in [-0.05, 0) is 65.4 Å². The van der Waals surface area contributed by atoms with Crippen LogP contribution >= 0.6 is 0 Å². The van der Waals surface area contributed by atoms with Crippen LogP contribution in [0.25, 0.3) is 0 Å². The Labute approximate surface area is 243 Å². The number of hydrogen-bond donors (Lipinski definition) is 2. The normalized spacial score (nSPS) is 16.5. The number of alkyl carbamates (subject to hydrolysis) is 1. The van der Waals surface area contributed by atoms with Crippen LogP contribution in [0.15, 0.2) is 18.2 Å². The number of unbranched alkanes of at least 4 members (excludes halogenated alkanes) is 3. The maximum Gasteiger partial charge on any atom is 0.408 e. The molecule has 1 fully saturated rings.